The van der Waals surface area contributed by atoms with Crippen molar-refractivity contribution in [2.75, 3.05) is 0 Å². The molecule has 0 fully saturated rings. The van der Waals surface area contributed by atoms with Crippen molar-refractivity contribution in [2.45, 2.75) is 5.03 Å². The lowest BCUT2D eigenvalue weighted by molar-refractivity contribution is 0.462. The molecule has 0 unspecified atom stereocenters. The van der Waals surface area contributed by atoms with Gasteiger partial charge < -0.3 is 10.1 Å². The van der Waals surface area contributed by atoms with Crippen LogP contribution in [0.3, 0.4) is 0 Å². The molecule has 2 nitrogen and oxygen atoms in total. The lowest BCUT2D eigenvalue weighted by atomic mass is 10.6. The van der Waals surface area contributed by atoms with Crippen molar-refractivity contribution in [3.05, 3.63) is 12.3 Å². The second-order valence-electron chi connectivity index (χ2n) is 1.21. The molecule has 2 N–H and O–H groups in total. The van der Waals surface area contributed by atoms with Crippen molar-refractivity contribution < 1.29 is 5.11 Å². The highest BCUT2D eigenvalue weighted by atomic mass is 32.1. The molecular weight excluding hydrogens is 110 g/mol. The largest absolute Gasteiger partial charge is 0.505 e. The molecular formula is C4H5NOS. The van der Waals surface area contributed by atoms with Crippen LogP contribution in [0.25, 0.3) is 0 Å². The number of aromatic nitrogens is 1. The Balaban J connectivity index is 3.12. The molecule has 0 aliphatic rings. The molecule has 0 saturated carbocycles. The molecule has 1 heterocycles. The van der Waals surface area contributed by atoms with E-state index in [0.29, 0.717) is 5.03 Å². The summed E-state index contributed by atoms with van der Waals surface area (Å²) < 4.78 is 0. The van der Waals surface area contributed by atoms with Crippen LogP contribution < -0.4 is 0 Å². The number of rotatable bonds is 0. The summed E-state index contributed by atoms with van der Waals surface area (Å²) in [5.41, 5.74) is 0. The van der Waals surface area contributed by atoms with Crippen LogP contribution in [-0.4, -0.2) is 10.1 Å². The van der Waals surface area contributed by atoms with Crippen molar-refractivity contribution in [3.8, 4) is 5.75 Å². The van der Waals surface area contributed by atoms with Gasteiger partial charge in [0.15, 0.2) is 0 Å². The van der Waals surface area contributed by atoms with Crippen LogP contribution in [0.5, 0.6) is 5.75 Å². The summed E-state index contributed by atoms with van der Waals surface area (Å²) in [6.07, 6.45) is 1.62. The molecule has 7 heavy (non-hydrogen) atoms. The summed E-state index contributed by atoms with van der Waals surface area (Å²) in [6, 6.07) is 1.54. The Bertz CT molecular complexity index is 144. The van der Waals surface area contributed by atoms with Gasteiger partial charge in [0.1, 0.15) is 10.8 Å². The van der Waals surface area contributed by atoms with Crippen LogP contribution in [0, 0.1) is 0 Å². The predicted molar refractivity (Wildman–Crippen MR) is 29.7 cm³/mol. The first kappa shape index (κ1) is 4.59. The number of nitrogens with one attached hydrogen (secondary N) is 1. The van der Waals surface area contributed by atoms with Crippen LogP contribution in [0.2, 0.25) is 0 Å². The van der Waals surface area contributed by atoms with Gasteiger partial charge in [-0.25, -0.2) is 0 Å². The van der Waals surface area contributed by atoms with Gasteiger partial charge in [0.05, 0.1) is 0 Å². The van der Waals surface area contributed by atoms with Gasteiger partial charge >= 0.3 is 0 Å². The second kappa shape index (κ2) is 1.50. The third-order valence-corrected chi connectivity index (χ3v) is 1.06. The number of aromatic hydroxyl groups is 1. The van der Waals surface area contributed by atoms with E-state index in [1.807, 2.05) is 0 Å². The normalized spacial score (nSPS) is 9.29. The van der Waals surface area contributed by atoms with Gasteiger partial charge in [-0.3, -0.25) is 0 Å². The third kappa shape index (κ3) is 0.718. The summed E-state index contributed by atoms with van der Waals surface area (Å²) in [5.74, 6) is 0.198. The number of H-pyrrole nitrogens is 1. The van der Waals surface area contributed by atoms with Gasteiger partial charge in [-0.15, -0.1) is 12.6 Å². The van der Waals surface area contributed by atoms with Crippen molar-refractivity contribution in [3.63, 3.8) is 0 Å². The SMILES string of the molecule is Oc1cc[nH]c1S. The van der Waals surface area contributed by atoms with E-state index in [4.69, 9.17) is 5.11 Å². The van der Waals surface area contributed by atoms with Crippen molar-refractivity contribution >= 4 is 12.6 Å². The molecule has 0 aliphatic heterocycles. The number of aromatic amines is 1. The standard InChI is InChI=1S/C4H5NOS/c6-3-1-2-5-4(3)7/h1-2,5-7H. The van der Waals surface area contributed by atoms with E-state index < -0.39 is 0 Å². The van der Waals surface area contributed by atoms with E-state index in [1.165, 1.54) is 0 Å². The molecule has 3 heteroatoms. The Hall–Kier alpha value is -0.570. The van der Waals surface area contributed by atoms with E-state index >= 15 is 0 Å². The van der Waals surface area contributed by atoms with Crippen LogP contribution in [-0.2, 0) is 0 Å². The Kier molecular flexibility index (Phi) is 0.982. The lowest BCUT2D eigenvalue weighted by Gasteiger charge is -1.79. The molecule has 0 spiro atoms. The zero-order chi connectivity index (χ0) is 5.28. The number of hydrogen-bond donors (Lipinski definition) is 3. The average molecular weight is 115 g/mol. The first-order valence-electron chi connectivity index (χ1n) is 1.86. The molecule has 0 amide bonds. The van der Waals surface area contributed by atoms with Crippen LogP contribution in [0.15, 0.2) is 17.3 Å². The summed E-state index contributed by atoms with van der Waals surface area (Å²) >= 11 is 3.84. The summed E-state index contributed by atoms with van der Waals surface area (Å²) in [5, 5.41) is 9.17. The van der Waals surface area contributed by atoms with E-state index in [1.54, 1.807) is 12.3 Å². The zero-order valence-electron chi connectivity index (χ0n) is 3.55. The fourth-order valence-electron chi connectivity index (χ4n) is 0.352. The molecule has 0 bridgehead atoms. The molecule has 1 aromatic heterocycles. The highest BCUT2D eigenvalue weighted by Gasteiger charge is 1.90. The minimum atomic E-state index is 0.198. The smallest absolute Gasteiger partial charge is 0.146 e. The Morgan fingerprint density at radius 3 is 2.57 bits per heavy atom. The maximum atomic E-state index is 8.65. The maximum Gasteiger partial charge on any atom is 0.146 e. The monoisotopic (exact) mass is 115 g/mol. The predicted octanol–water partition coefficient (Wildman–Crippen LogP) is 1.01. The molecule has 0 radical (unpaired) electrons. The van der Waals surface area contributed by atoms with Crippen molar-refractivity contribution in [1.29, 1.82) is 0 Å². The second-order valence-corrected chi connectivity index (χ2v) is 1.66. The van der Waals surface area contributed by atoms with Crippen LogP contribution in [0.1, 0.15) is 0 Å². The number of thiol groups is 1. The van der Waals surface area contributed by atoms with Crippen molar-refractivity contribution in [1.82, 2.24) is 4.98 Å². The minimum absolute atomic E-state index is 0.198. The quantitative estimate of drug-likeness (QED) is 0.433. The molecule has 0 aromatic carbocycles. The molecule has 0 saturated heterocycles. The van der Waals surface area contributed by atoms with Crippen LogP contribution in [0.4, 0.5) is 0 Å². The Labute approximate surface area is 46.6 Å². The topological polar surface area (TPSA) is 36.0 Å². The molecule has 0 aliphatic carbocycles. The fraction of sp³-hybridized carbons (Fsp3) is 0. The van der Waals surface area contributed by atoms with Crippen molar-refractivity contribution in [2.24, 2.45) is 0 Å². The van der Waals surface area contributed by atoms with E-state index in [9.17, 15) is 0 Å². The maximum absolute atomic E-state index is 8.65. The molecule has 38 valence electrons. The molecule has 1 aromatic rings. The average Bonchev–Trinajstić information content (AvgIpc) is 1.91. The lowest BCUT2D eigenvalue weighted by Crippen LogP contribution is -1.57. The Morgan fingerprint density at radius 1 is 1.71 bits per heavy atom. The first-order valence-corrected chi connectivity index (χ1v) is 2.31. The van der Waals surface area contributed by atoms with Gasteiger partial charge in [-0.05, 0) is 6.07 Å². The van der Waals surface area contributed by atoms with Gasteiger partial charge in [0, 0.05) is 6.20 Å². The highest BCUT2D eigenvalue weighted by Crippen LogP contribution is 2.16. The molecule has 0 atom stereocenters. The fourth-order valence-corrected chi connectivity index (χ4v) is 0.501. The van der Waals surface area contributed by atoms with E-state index in [-0.39, 0.29) is 5.75 Å². The van der Waals surface area contributed by atoms with Gasteiger partial charge in [-0.2, -0.15) is 0 Å². The number of hydrogen-bond acceptors (Lipinski definition) is 2. The Morgan fingerprint density at radius 2 is 2.43 bits per heavy atom. The van der Waals surface area contributed by atoms with Crippen LogP contribution >= 0.6 is 12.6 Å². The summed E-state index contributed by atoms with van der Waals surface area (Å²) in [7, 11) is 0. The van der Waals surface area contributed by atoms with Gasteiger partial charge in [-0.1, -0.05) is 0 Å². The third-order valence-electron chi connectivity index (χ3n) is 0.704. The minimum Gasteiger partial charge on any atom is -0.505 e. The first-order chi connectivity index (χ1) is 3.30. The summed E-state index contributed by atoms with van der Waals surface area (Å²) in [6.45, 7) is 0. The van der Waals surface area contributed by atoms with E-state index in [0.717, 1.165) is 0 Å². The highest BCUT2D eigenvalue weighted by molar-refractivity contribution is 7.80. The zero-order valence-corrected chi connectivity index (χ0v) is 4.44. The van der Waals surface area contributed by atoms with Gasteiger partial charge in [0.2, 0.25) is 0 Å². The van der Waals surface area contributed by atoms with Gasteiger partial charge in [0.25, 0.3) is 0 Å². The summed E-state index contributed by atoms with van der Waals surface area (Å²) in [4.78, 5) is 2.68. The van der Waals surface area contributed by atoms with E-state index in [2.05, 4.69) is 17.6 Å². The molecule has 1 rings (SSSR count).